The maximum Gasteiger partial charge on any atom is 0.189 e. The standard InChI is InChI=1S/C14H13BrN6/c1-8-11(15)3-2-4-13(8)21-14(18-19-20-21)10-6-5-9(16)7-12(10)17/h2-7H,16-17H2,1H3. The Labute approximate surface area is 129 Å². The molecule has 0 aliphatic carbocycles. The number of hydrogen-bond donors (Lipinski definition) is 2. The van der Waals surface area contributed by atoms with Gasteiger partial charge in [0.05, 0.1) is 5.69 Å². The molecular formula is C14H13BrN6. The average Bonchev–Trinajstić information content (AvgIpc) is 2.91. The molecule has 0 atom stereocenters. The topological polar surface area (TPSA) is 95.6 Å². The van der Waals surface area contributed by atoms with Gasteiger partial charge < -0.3 is 11.5 Å². The molecule has 0 saturated carbocycles. The van der Waals surface area contributed by atoms with Crippen molar-refractivity contribution in [2.24, 2.45) is 0 Å². The molecular weight excluding hydrogens is 332 g/mol. The Bertz CT molecular complexity index is 811. The molecule has 6 nitrogen and oxygen atoms in total. The Balaban J connectivity index is 2.20. The van der Waals surface area contributed by atoms with Gasteiger partial charge in [0.25, 0.3) is 0 Å². The highest BCUT2D eigenvalue weighted by molar-refractivity contribution is 9.10. The van der Waals surface area contributed by atoms with Crippen LogP contribution in [0.5, 0.6) is 0 Å². The van der Waals surface area contributed by atoms with E-state index in [1.165, 1.54) is 0 Å². The summed E-state index contributed by atoms with van der Waals surface area (Å²) in [6.07, 6.45) is 0. The molecule has 7 heteroatoms. The van der Waals surface area contributed by atoms with E-state index in [1.807, 2.05) is 31.2 Å². The first kappa shape index (κ1) is 13.6. The number of nitrogens with zero attached hydrogens (tertiary/aromatic N) is 4. The quantitative estimate of drug-likeness (QED) is 0.696. The summed E-state index contributed by atoms with van der Waals surface area (Å²) in [6, 6.07) is 11.2. The maximum atomic E-state index is 6.03. The van der Waals surface area contributed by atoms with Crippen molar-refractivity contribution >= 4 is 27.3 Å². The molecule has 0 fully saturated rings. The van der Waals surface area contributed by atoms with Gasteiger partial charge in [-0.25, -0.2) is 0 Å². The van der Waals surface area contributed by atoms with Gasteiger partial charge in [0.15, 0.2) is 5.82 Å². The fraction of sp³-hybridized carbons (Fsp3) is 0.0714. The summed E-state index contributed by atoms with van der Waals surface area (Å²) in [6.45, 7) is 2.00. The first-order chi connectivity index (χ1) is 10.1. The molecule has 0 radical (unpaired) electrons. The number of nitrogen functional groups attached to an aromatic ring is 2. The number of halogens is 1. The smallest absolute Gasteiger partial charge is 0.189 e. The molecule has 3 rings (SSSR count). The van der Waals surface area contributed by atoms with E-state index in [0.29, 0.717) is 17.2 Å². The van der Waals surface area contributed by atoms with E-state index < -0.39 is 0 Å². The summed E-state index contributed by atoms with van der Waals surface area (Å²) >= 11 is 3.51. The van der Waals surface area contributed by atoms with Crippen LogP contribution in [-0.2, 0) is 0 Å². The molecule has 0 aliphatic rings. The van der Waals surface area contributed by atoms with Crippen molar-refractivity contribution in [1.82, 2.24) is 20.2 Å². The van der Waals surface area contributed by atoms with Crippen LogP contribution in [0.1, 0.15) is 5.56 Å². The predicted molar refractivity (Wildman–Crippen MR) is 85.9 cm³/mol. The first-order valence-corrected chi connectivity index (χ1v) is 7.06. The van der Waals surface area contributed by atoms with Crippen molar-refractivity contribution in [1.29, 1.82) is 0 Å². The van der Waals surface area contributed by atoms with E-state index in [4.69, 9.17) is 11.5 Å². The second-order valence-electron chi connectivity index (χ2n) is 4.64. The van der Waals surface area contributed by atoms with Gasteiger partial charge in [-0.1, -0.05) is 22.0 Å². The van der Waals surface area contributed by atoms with Crippen molar-refractivity contribution in [3.05, 3.63) is 46.4 Å². The van der Waals surface area contributed by atoms with Crippen molar-refractivity contribution in [2.75, 3.05) is 11.5 Å². The SMILES string of the molecule is Cc1c(Br)cccc1-n1nnnc1-c1ccc(N)cc1N. The lowest BCUT2D eigenvalue weighted by molar-refractivity contribution is 0.787. The summed E-state index contributed by atoms with van der Waals surface area (Å²) in [5.41, 5.74) is 15.6. The molecule has 0 bridgehead atoms. The number of aromatic nitrogens is 4. The lowest BCUT2D eigenvalue weighted by Crippen LogP contribution is -2.04. The summed E-state index contributed by atoms with van der Waals surface area (Å²) in [5, 5.41) is 11.9. The monoisotopic (exact) mass is 344 g/mol. The molecule has 0 amide bonds. The number of rotatable bonds is 2. The molecule has 2 aromatic carbocycles. The van der Waals surface area contributed by atoms with Crippen LogP contribution in [-0.4, -0.2) is 20.2 Å². The predicted octanol–water partition coefficient (Wildman–Crippen LogP) is 2.56. The lowest BCUT2D eigenvalue weighted by atomic mass is 10.1. The normalized spacial score (nSPS) is 10.8. The molecule has 0 aliphatic heterocycles. The first-order valence-electron chi connectivity index (χ1n) is 6.27. The molecule has 106 valence electrons. The van der Waals surface area contributed by atoms with E-state index in [-0.39, 0.29) is 0 Å². The molecule has 0 spiro atoms. The Morgan fingerprint density at radius 1 is 1.14 bits per heavy atom. The number of anilines is 2. The third-order valence-corrected chi connectivity index (χ3v) is 4.11. The second-order valence-corrected chi connectivity index (χ2v) is 5.50. The highest BCUT2D eigenvalue weighted by Crippen LogP contribution is 2.29. The van der Waals surface area contributed by atoms with E-state index in [0.717, 1.165) is 21.3 Å². The van der Waals surface area contributed by atoms with Crippen LogP contribution in [0, 0.1) is 6.92 Å². The summed E-state index contributed by atoms with van der Waals surface area (Å²) in [4.78, 5) is 0. The number of benzene rings is 2. The van der Waals surface area contributed by atoms with Crippen LogP contribution in [0.25, 0.3) is 17.1 Å². The molecule has 0 saturated heterocycles. The van der Waals surface area contributed by atoms with Crippen LogP contribution in [0.2, 0.25) is 0 Å². The van der Waals surface area contributed by atoms with Crippen molar-refractivity contribution < 1.29 is 0 Å². The molecule has 1 aromatic heterocycles. The third-order valence-electron chi connectivity index (χ3n) is 3.25. The van der Waals surface area contributed by atoms with Gasteiger partial charge in [-0.15, -0.1) is 5.10 Å². The van der Waals surface area contributed by atoms with Gasteiger partial charge in [0.1, 0.15) is 0 Å². The van der Waals surface area contributed by atoms with E-state index in [9.17, 15) is 0 Å². The highest BCUT2D eigenvalue weighted by atomic mass is 79.9. The number of tetrazole rings is 1. The lowest BCUT2D eigenvalue weighted by Gasteiger charge is -2.10. The minimum Gasteiger partial charge on any atom is -0.399 e. The van der Waals surface area contributed by atoms with Gasteiger partial charge in [-0.05, 0) is 53.2 Å². The number of hydrogen-bond acceptors (Lipinski definition) is 5. The summed E-state index contributed by atoms with van der Waals surface area (Å²) in [7, 11) is 0. The van der Waals surface area contributed by atoms with E-state index in [1.54, 1.807) is 16.8 Å². The zero-order valence-corrected chi connectivity index (χ0v) is 12.9. The zero-order chi connectivity index (χ0) is 15.0. The Hall–Kier alpha value is -2.41. The van der Waals surface area contributed by atoms with Gasteiger partial charge in [0.2, 0.25) is 0 Å². The van der Waals surface area contributed by atoms with E-state index in [2.05, 4.69) is 31.5 Å². The molecule has 0 unspecified atom stereocenters. The van der Waals surface area contributed by atoms with Gasteiger partial charge in [0, 0.05) is 21.4 Å². The number of nitrogens with two attached hydrogens (primary N) is 2. The van der Waals surface area contributed by atoms with E-state index >= 15 is 0 Å². The molecule has 3 aromatic rings. The zero-order valence-electron chi connectivity index (χ0n) is 11.3. The van der Waals surface area contributed by atoms with Crippen LogP contribution in [0.4, 0.5) is 11.4 Å². The highest BCUT2D eigenvalue weighted by Gasteiger charge is 2.15. The minimum absolute atomic E-state index is 0.540. The van der Waals surface area contributed by atoms with Gasteiger partial charge in [-0.3, -0.25) is 0 Å². The minimum atomic E-state index is 0.540. The molecule has 1 heterocycles. The average molecular weight is 345 g/mol. The van der Waals surface area contributed by atoms with Crippen LogP contribution < -0.4 is 11.5 Å². The van der Waals surface area contributed by atoms with Crippen LogP contribution >= 0.6 is 15.9 Å². The van der Waals surface area contributed by atoms with Crippen LogP contribution in [0.3, 0.4) is 0 Å². The Morgan fingerprint density at radius 2 is 1.95 bits per heavy atom. The maximum absolute atomic E-state index is 6.03. The largest absolute Gasteiger partial charge is 0.399 e. The van der Waals surface area contributed by atoms with Crippen molar-refractivity contribution in [2.45, 2.75) is 6.92 Å². The Kier molecular flexibility index (Phi) is 3.34. The fourth-order valence-electron chi connectivity index (χ4n) is 2.13. The van der Waals surface area contributed by atoms with Crippen LogP contribution in [0.15, 0.2) is 40.9 Å². The second kappa shape index (κ2) is 5.17. The van der Waals surface area contributed by atoms with Gasteiger partial charge >= 0.3 is 0 Å². The third kappa shape index (κ3) is 2.36. The Morgan fingerprint density at radius 3 is 2.71 bits per heavy atom. The summed E-state index contributed by atoms with van der Waals surface area (Å²) < 4.78 is 2.66. The molecule has 21 heavy (non-hydrogen) atoms. The summed E-state index contributed by atoms with van der Waals surface area (Å²) in [5.74, 6) is 0.578. The van der Waals surface area contributed by atoms with Gasteiger partial charge in [-0.2, -0.15) is 4.68 Å². The fourth-order valence-corrected chi connectivity index (χ4v) is 2.48. The van der Waals surface area contributed by atoms with Crippen molar-refractivity contribution in [3.8, 4) is 17.1 Å². The molecule has 4 N–H and O–H groups in total. The van der Waals surface area contributed by atoms with Crippen molar-refractivity contribution in [3.63, 3.8) is 0 Å².